The highest BCUT2D eigenvalue weighted by Gasteiger charge is 2.08. The van der Waals surface area contributed by atoms with E-state index in [1.54, 1.807) is 6.92 Å². The Balaban J connectivity index is 3.54. The molecule has 0 aromatic heterocycles. The van der Waals surface area contributed by atoms with Crippen LogP contribution in [0.25, 0.3) is 0 Å². The summed E-state index contributed by atoms with van der Waals surface area (Å²) in [5.74, 6) is 0.494. The van der Waals surface area contributed by atoms with Crippen molar-refractivity contribution >= 4 is 5.78 Å². The van der Waals surface area contributed by atoms with Gasteiger partial charge in [-0.15, -0.1) is 0 Å². The first-order valence-electron chi connectivity index (χ1n) is 8.40. The van der Waals surface area contributed by atoms with Crippen LogP contribution < -0.4 is 5.73 Å². The smallest absolute Gasteiger partial charge is 0.132 e. The molecule has 20 heavy (non-hydrogen) atoms. The third-order valence-corrected chi connectivity index (χ3v) is 4.16. The summed E-state index contributed by atoms with van der Waals surface area (Å²) in [7, 11) is 0. The summed E-state index contributed by atoms with van der Waals surface area (Å²) in [6.45, 7) is 10.1. The highest BCUT2D eigenvalue weighted by molar-refractivity contribution is 5.77. The van der Waals surface area contributed by atoms with Crippen molar-refractivity contribution in [1.82, 2.24) is 0 Å². The Hall–Kier alpha value is -0.630. The highest BCUT2D eigenvalue weighted by Crippen LogP contribution is 2.17. The third kappa shape index (κ3) is 11.2. The van der Waals surface area contributed by atoms with Gasteiger partial charge in [-0.1, -0.05) is 51.7 Å². The van der Waals surface area contributed by atoms with Crippen molar-refractivity contribution in [3.8, 4) is 0 Å². The molecule has 0 saturated carbocycles. The molecule has 0 fully saturated rings. The Bertz CT molecular complexity index is 273. The third-order valence-electron chi connectivity index (χ3n) is 4.16. The highest BCUT2D eigenvalue weighted by atomic mass is 16.1. The number of hydrogen-bond acceptors (Lipinski definition) is 2. The summed E-state index contributed by atoms with van der Waals surface area (Å²) >= 11 is 0. The van der Waals surface area contributed by atoms with Gasteiger partial charge in [-0.3, -0.25) is 4.79 Å². The second-order valence-electron chi connectivity index (χ2n) is 6.30. The van der Waals surface area contributed by atoms with Gasteiger partial charge in [0.15, 0.2) is 0 Å². The molecular formula is C18H35NO. The van der Waals surface area contributed by atoms with Crippen molar-refractivity contribution in [3.63, 3.8) is 0 Å². The molecule has 0 radical (unpaired) electrons. The lowest BCUT2D eigenvalue weighted by Crippen LogP contribution is -2.19. The van der Waals surface area contributed by atoms with E-state index in [-0.39, 0.29) is 5.92 Å². The Morgan fingerprint density at radius 1 is 1.05 bits per heavy atom. The standard InChI is InChI=1S/C18H35NO/c1-5-6-7-8-12-18(19)14-13-15(2)10-9-11-16(3)17(4)20/h16,18H,2,5-14,19H2,1,3-4H3. The van der Waals surface area contributed by atoms with E-state index < -0.39 is 0 Å². The van der Waals surface area contributed by atoms with E-state index in [4.69, 9.17) is 5.73 Å². The van der Waals surface area contributed by atoms with Crippen LogP contribution in [0.15, 0.2) is 12.2 Å². The molecule has 2 atom stereocenters. The summed E-state index contributed by atoms with van der Waals surface area (Å²) in [5.41, 5.74) is 7.43. The SMILES string of the molecule is C=C(CCCC(C)C(C)=O)CCC(N)CCCCCC. The first-order valence-corrected chi connectivity index (χ1v) is 8.40. The average molecular weight is 281 g/mol. The quantitative estimate of drug-likeness (QED) is 0.380. The van der Waals surface area contributed by atoms with Crippen LogP contribution in [-0.4, -0.2) is 11.8 Å². The van der Waals surface area contributed by atoms with Crippen LogP contribution in [-0.2, 0) is 4.79 Å². The Morgan fingerprint density at radius 2 is 1.75 bits per heavy atom. The number of unbranched alkanes of at least 4 members (excludes halogenated alkanes) is 3. The molecular weight excluding hydrogens is 246 g/mol. The summed E-state index contributed by atoms with van der Waals surface area (Å²) in [5, 5.41) is 0. The summed E-state index contributed by atoms with van der Waals surface area (Å²) in [4.78, 5) is 11.1. The minimum absolute atomic E-state index is 0.198. The maximum atomic E-state index is 11.1. The molecule has 2 heteroatoms. The number of ketones is 1. The molecule has 0 aliphatic heterocycles. The largest absolute Gasteiger partial charge is 0.328 e. The van der Waals surface area contributed by atoms with E-state index in [0.717, 1.165) is 38.5 Å². The van der Waals surface area contributed by atoms with Crippen LogP contribution in [0.1, 0.15) is 85.0 Å². The Labute approximate surface area is 126 Å². The Morgan fingerprint density at radius 3 is 2.35 bits per heavy atom. The molecule has 2 nitrogen and oxygen atoms in total. The van der Waals surface area contributed by atoms with Gasteiger partial charge in [0.25, 0.3) is 0 Å². The fraction of sp³-hybridized carbons (Fsp3) is 0.833. The van der Waals surface area contributed by atoms with Gasteiger partial charge in [0, 0.05) is 12.0 Å². The topological polar surface area (TPSA) is 43.1 Å². The molecule has 0 aliphatic rings. The maximum absolute atomic E-state index is 11.1. The normalized spacial score (nSPS) is 14.0. The number of carbonyl (C=O) groups is 1. The van der Waals surface area contributed by atoms with Gasteiger partial charge in [-0.25, -0.2) is 0 Å². The summed E-state index contributed by atoms with van der Waals surface area (Å²) in [6, 6.07) is 0.333. The number of nitrogens with two attached hydrogens (primary N) is 1. The van der Waals surface area contributed by atoms with Gasteiger partial charge >= 0.3 is 0 Å². The molecule has 0 aliphatic carbocycles. The van der Waals surface area contributed by atoms with Crippen molar-refractivity contribution in [2.45, 2.75) is 91.0 Å². The molecule has 0 rings (SSSR count). The fourth-order valence-corrected chi connectivity index (χ4v) is 2.35. The van der Waals surface area contributed by atoms with Crippen molar-refractivity contribution in [1.29, 1.82) is 0 Å². The van der Waals surface area contributed by atoms with Crippen LogP contribution in [0.3, 0.4) is 0 Å². The zero-order valence-corrected chi connectivity index (χ0v) is 13.9. The molecule has 0 heterocycles. The van der Waals surface area contributed by atoms with Gasteiger partial charge in [0.05, 0.1) is 0 Å². The van der Waals surface area contributed by atoms with Crippen molar-refractivity contribution in [3.05, 3.63) is 12.2 Å². The molecule has 0 aromatic carbocycles. The zero-order valence-electron chi connectivity index (χ0n) is 13.9. The number of carbonyl (C=O) groups excluding carboxylic acids is 1. The average Bonchev–Trinajstić information content (AvgIpc) is 2.41. The van der Waals surface area contributed by atoms with Crippen LogP contribution >= 0.6 is 0 Å². The lowest BCUT2D eigenvalue weighted by molar-refractivity contribution is -0.120. The minimum Gasteiger partial charge on any atom is -0.328 e. The van der Waals surface area contributed by atoms with E-state index in [1.807, 2.05) is 6.92 Å². The van der Waals surface area contributed by atoms with Gasteiger partial charge in [-0.2, -0.15) is 0 Å². The van der Waals surface area contributed by atoms with E-state index in [2.05, 4.69) is 13.5 Å². The second kappa shape index (κ2) is 12.1. The fourth-order valence-electron chi connectivity index (χ4n) is 2.35. The predicted molar refractivity (Wildman–Crippen MR) is 88.8 cm³/mol. The Kier molecular flexibility index (Phi) is 11.8. The summed E-state index contributed by atoms with van der Waals surface area (Å²) < 4.78 is 0. The molecule has 0 spiro atoms. The van der Waals surface area contributed by atoms with E-state index in [0.29, 0.717) is 11.8 Å². The molecule has 0 bridgehead atoms. The minimum atomic E-state index is 0.198. The van der Waals surface area contributed by atoms with Crippen molar-refractivity contribution in [2.24, 2.45) is 11.7 Å². The molecule has 2 unspecified atom stereocenters. The molecule has 2 N–H and O–H groups in total. The van der Waals surface area contributed by atoms with Crippen LogP contribution in [0, 0.1) is 5.92 Å². The number of hydrogen-bond donors (Lipinski definition) is 1. The van der Waals surface area contributed by atoms with Crippen LogP contribution in [0.4, 0.5) is 0 Å². The van der Waals surface area contributed by atoms with Gasteiger partial charge in [0.1, 0.15) is 5.78 Å². The van der Waals surface area contributed by atoms with Gasteiger partial charge in [0.2, 0.25) is 0 Å². The van der Waals surface area contributed by atoms with Gasteiger partial charge in [-0.05, 0) is 45.4 Å². The van der Waals surface area contributed by atoms with E-state index >= 15 is 0 Å². The van der Waals surface area contributed by atoms with E-state index in [1.165, 1.54) is 31.3 Å². The number of Topliss-reactive ketones (excluding diaryl/α,β-unsaturated/α-hetero) is 1. The molecule has 0 saturated heterocycles. The predicted octanol–water partition coefficient (Wildman–Crippen LogP) is 5.02. The summed E-state index contributed by atoms with van der Waals surface area (Å²) in [6.07, 6.45) is 11.5. The lowest BCUT2D eigenvalue weighted by Gasteiger charge is -2.13. The van der Waals surface area contributed by atoms with Crippen molar-refractivity contribution < 1.29 is 4.79 Å². The van der Waals surface area contributed by atoms with E-state index in [9.17, 15) is 4.79 Å². The first-order chi connectivity index (χ1) is 9.47. The van der Waals surface area contributed by atoms with Crippen molar-refractivity contribution in [2.75, 3.05) is 0 Å². The molecule has 0 aromatic rings. The monoisotopic (exact) mass is 281 g/mol. The maximum Gasteiger partial charge on any atom is 0.132 e. The van der Waals surface area contributed by atoms with Crippen LogP contribution in [0.5, 0.6) is 0 Å². The molecule has 0 amide bonds. The second-order valence-corrected chi connectivity index (χ2v) is 6.30. The zero-order chi connectivity index (χ0) is 15.4. The first kappa shape index (κ1) is 19.4. The van der Waals surface area contributed by atoms with Gasteiger partial charge < -0.3 is 5.73 Å². The van der Waals surface area contributed by atoms with Crippen LogP contribution in [0.2, 0.25) is 0 Å². The molecule has 118 valence electrons. The number of rotatable bonds is 13. The number of allylic oxidation sites excluding steroid dienone is 1. The lowest BCUT2D eigenvalue weighted by atomic mass is 9.95.